The molecule has 1 aromatic heterocycles. The Bertz CT molecular complexity index is 1130. The third-order valence-corrected chi connectivity index (χ3v) is 7.93. The number of fused-ring (bicyclic) bond motifs is 3. The van der Waals surface area contributed by atoms with Crippen LogP contribution in [0.1, 0.15) is 54.9 Å². The highest BCUT2D eigenvalue weighted by atomic mass is 32.2. The number of amides is 2. The summed E-state index contributed by atoms with van der Waals surface area (Å²) >= 11 is 0. The third-order valence-electron chi connectivity index (χ3n) is 6.58. The van der Waals surface area contributed by atoms with Gasteiger partial charge in [0.1, 0.15) is 4.90 Å². The van der Waals surface area contributed by atoms with Gasteiger partial charge in [0.15, 0.2) is 9.92 Å². The van der Waals surface area contributed by atoms with Gasteiger partial charge in [-0.05, 0) is 67.2 Å². The van der Waals surface area contributed by atoms with E-state index in [2.05, 4.69) is 27.8 Å². The van der Waals surface area contributed by atoms with Crippen LogP contribution in [0, 0.1) is 5.92 Å². The molecule has 2 heterocycles. The second kappa shape index (κ2) is 7.94. The van der Waals surface area contributed by atoms with Crippen LogP contribution < -0.4 is 15.2 Å². The standard InChI is InChI=1S/C22H29N5O3S/c1-2-5-14-12-27-21(30-13-14)19(11-24-27)31(23,29)26-22(28)25-20-17-8-3-6-15(17)10-16-7-4-9-18(16)20/h10-11,14H,2-9,12-13H2,1H3,(H3,23,25,26,28,29)/t14-,31-/m1/s1. The lowest BCUT2D eigenvalue weighted by atomic mass is 9.99. The SMILES string of the molecule is CCC[C@H]1COc2c([S@](N)(=O)=NC(=O)Nc3c4c(cc5c3CCC5)CCC4)cnn2C1. The van der Waals surface area contributed by atoms with E-state index in [1.807, 2.05) is 0 Å². The fourth-order valence-electron chi connectivity index (χ4n) is 5.18. The quantitative estimate of drug-likeness (QED) is 0.752. The lowest BCUT2D eigenvalue weighted by Crippen LogP contribution is -2.27. The van der Waals surface area contributed by atoms with Crippen LogP contribution in [0.4, 0.5) is 10.5 Å². The molecule has 2 amide bonds. The lowest BCUT2D eigenvalue weighted by molar-refractivity contribution is 0.153. The Morgan fingerprint density at radius 2 is 2.00 bits per heavy atom. The summed E-state index contributed by atoms with van der Waals surface area (Å²) in [7, 11) is -3.48. The molecule has 0 saturated heterocycles. The molecule has 31 heavy (non-hydrogen) atoms. The van der Waals surface area contributed by atoms with Crippen LogP contribution in [0.25, 0.3) is 0 Å². The van der Waals surface area contributed by atoms with Gasteiger partial charge in [0.25, 0.3) is 0 Å². The highest BCUT2D eigenvalue weighted by Gasteiger charge is 2.29. The first-order chi connectivity index (χ1) is 15.0. The second-order valence-electron chi connectivity index (χ2n) is 8.79. The normalized spacial score (nSPS) is 20.9. The summed E-state index contributed by atoms with van der Waals surface area (Å²) in [5.41, 5.74) is 5.87. The summed E-state index contributed by atoms with van der Waals surface area (Å²) in [6.07, 6.45) is 9.65. The Hall–Kier alpha value is -2.39. The van der Waals surface area contributed by atoms with Gasteiger partial charge in [-0.3, -0.25) is 0 Å². The van der Waals surface area contributed by atoms with Gasteiger partial charge < -0.3 is 10.1 Å². The van der Waals surface area contributed by atoms with Crippen molar-refractivity contribution in [2.75, 3.05) is 11.9 Å². The lowest BCUT2D eigenvalue weighted by Gasteiger charge is -2.24. The van der Waals surface area contributed by atoms with E-state index >= 15 is 0 Å². The van der Waals surface area contributed by atoms with Crippen molar-refractivity contribution in [2.24, 2.45) is 15.4 Å². The molecule has 2 aromatic rings. The van der Waals surface area contributed by atoms with Crippen molar-refractivity contribution in [1.29, 1.82) is 0 Å². The Balaban J connectivity index is 1.42. The van der Waals surface area contributed by atoms with Gasteiger partial charge in [-0.25, -0.2) is 18.8 Å². The summed E-state index contributed by atoms with van der Waals surface area (Å²) in [6, 6.07) is 1.62. The number of aromatic nitrogens is 2. The molecule has 8 nitrogen and oxygen atoms in total. The molecule has 0 unspecified atom stereocenters. The van der Waals surface area contributed by atoms with Crippen LogP contribution in [0.5, 0.6) is 5.88 Å². The molecule has 0 spiro atoms. The Kier molecular flexibility index (Phi) is 5.26. The fourth-order valence-corrected chi connectivity index (χ4v) is 6.18. The summed E-state index contributed by atoms with van der Waals surface area (Å²) < 4.78 is 24.6. The molecule has 1 aliphatic heterocycles. The number of benzene rings is 1. The summed E-state index contributed by atoms with van der Waals surface area (Å²) in [5.74, 6) is 0.722. The zero-order valence-corrected chi connectivity index (χ0v) is 18.7. The first-order valence-corrected chi connectivity index (χ1v) is 12.7. The predicted molar refractivity (Wildman–Crippen MR) is 119 cm³/mol. The zero-order valence-electron chi connectivity index (χ0n) is 17.9. The fraction of sp³-hybridized carbons (Fsp3) is 0.545. The van der Waals surface area contributed by atoms with Gasteiger partial charge in [-0.2, -0.15) is 5.10 Å². The molecule has 5 rings (SSSR count). The molecule has 1 aromatic carbocycles. The van der Waals surface area contributed by atoms with E-state index in [1.165, 1.54) is 28.5 Å². The van der Waals surface area contributed by atoms with Crippen molar-refractivity contribution >= 4 is 21.6 Å². The highest BCUT2D eigenvalue weighted by Crippen LogP contribution is 2.39. The van der Waals surface area contributed by atoms with E-state index in [9.17, 15) is 9.00 Å². The first kappa shape index (κ1) is 20.5. The first-order valence-electron chi connectivity index (χ1n) is 11.2. The van der Waals surface area contributed by atoms with Crippen LogP contribution in [0.2, 0.25) is 0 Å². The average Bonchev–Trinajstić information content (AvgIpc) is 3.46. The number of nitrogens with one attached hydrogen (secondary N) is 1. The summed E-state index contributed by atoms with van der Waals surface area (Å²) in [5, 5.41) is 13.3. The molecule has 3 N–H and O–H groups in total. The average molecular weight is 444 g/mol. The van der Waals surface area contributed by atoms with Gasteiger partial charge in [0.2, 0.25) is 5.88 Å². The number of carbonyl (C=O) groups is 1. The van der Waals surface area contributed by atoms with Gasteiger partial charge in [0.05, 0.1) is 19.3 Å². The molecule has 2 atom stereocenters. The minimum absolute atomic E-state index is 0.182. The van der Waals surface area contributed by atoms with Gasteiger partial charge >= 0.3 is 6.03 Å². The molecular weight excluding hydrogens is 414 g/mol. The third kappa shape index (κ3) is 3.74. The number of nitrogens with two attached hydrogens (primary N) is 1. The number of anilines is 1. The smallest absolute Gasteiger partial charge is 0.354 e. The summed E-state index contributed by atoms with van der Waals surface area (Å²) in [6.45, 7) is 3.34. The van der Waals surface area contributed by atoms with Crippen molar-refractivity contribution in [3.8, 4) is 5.88 Å². The number of carbonyl (C=O) groups excluding carboxylic acids is 1. The van der Waals surface area contributed by atoms with Crippen molar-refractivity contribution in [3.63, 3.8) is 0 Å². The Labute approximate surface area is 182 Å². The number of hydrogen-bond donors (Lipinski definition) is 2. The number of urea groups is 1. The number of ether oxygens (including phenoxy) is 1. The van der Waals surface area contributed by atoms with Crippen molar-refractivity contribution in [2.45, 2.75) is 69.7 Å². The minimum atomic E-state index is -3.48. The number of hydrogen-bond acceptors (Lipinski definition) is 4. The van der Waals surface area contributed by atoms with Crippen LogP contribution in [0.3, 0.4) is 0 Å². The molecule has 0 radical (unpaired) electrons. The van der Waals surface area contributed by atoms with E-state index in [0.717, 1.165) is 57.1 Å². The van der Waals surface area contributed by atoms with E-state index < -0.39 is 15.9 Å². The number of rotatable bonds is 4. The largest absolute Gasteiger partial charge is 0.477 e. The Morgan fingerprint density at radius 3 is 2.68 bits per heavy atom. The molecule has 0 bridgehead atoms. The number of nitrogens with zero attached hydrogens (tertiary/aromatic N) is 3. The van der Waals surface area contributed by atoms with Gasteiger partial charge in [-0.1, -0.05) is 19.4 Å². The number of aryl methyl sites for hydroxylation is 2. The van der Waals surface area contributed by atoms with Crippen LogP contribution in [0.15, 0.2) is 21.5 Å². The van der Waals surface area contributed by atoms with E-state index in [0.29, 0.717) is 24.9 Å². The van der Waals surface area contributed by atoms with Crippen LogP contribution in [-0.2, 0) is 42.1 Å². The van der Waals surface area contributed by atoms with Crippen LogP contribution in [-0.4, -0.2) is 26.6 Å². The van der Waals surface area contributed by atoms with E-state index in [-0.39, 0.29) is 4.90 Å². The van der Waals surface area contributed by atoms with Crippen molar-refractivity contribution < 1.29 is 13.7 Å². The maximum Gasteiger partial charge on any atom is 0.354 e. The highest BCUT2D eigenvalue weighted by molar-refractivity contribution is 7.91. The van der Waals surface area contributed by atoms with E-state index in [1.54, 1.807) is 4.68 Å². The topological polar surface area (TPSA) is 112 Å². The predicted octanol–water partition coefficient (Wildman–Crippen LogP) is 3.60. The molecular formula is C22H29N5O3S. The van der Waals surface area contributed by atoms with Gasteiger partial charge in [0, 0.05) is 11.6 Å². The van der Waals surface area contributed by atoms with Gasteiger partial charge in [-0.15, -0.1) is 4.36 Å². The Morgan fingerprint density at radius 1 is 1.29 bits per heavy atom. The molecule has 166 valence electrons. The van der Waals surface area contributed by atoms with Crippen molar-refractivity contribution in [1.82, 2.24) is 9.78 Å². The van der Waals surface area contributed by atoms with Crippen LogP contribution >= 0.6 is 0 Å². The van der Waals surface area contributed by atoms with Crippen molar-refractivity contribution in [3.05, 3.63) is 34.5 Å². The molecule has 2 aliphatic carbocycles. The molecule has 0 fully saturated rings. The maximum absolute atomic E-state index is 13.2. The molecule has 3 aliphatic rings. The monoisotopic (exact) mass is 443 g/mol. The van der Waals surface area contributed by atoms with E-state index in [4.69, 9.17) is 9.88 Å². The zero-order chi connectivity index (χ0) is 21.6. The second-order valence-corrected chi connectivity index (χ2v) is 10.5. The summed E-state index contributed by atoms with van der Waals surface area (Å²) in [4.78, 5) is 13.0. The minimum Gasteiger partial charge on any atom is -0.477 e. The molecule has 9 heteroatoms. The molecule has 0 saturated carbocycles. The maximum atomic E-state index is 13.2.